The summed E-state index contributed by atoms with van der Waals surface area (Å²) in [6.45, 7) is 0.760. The predicted octanol–water partition coefficient (Wildman–Crippen LogP) is 3.92. The lowest BCUT2D eigenvalue weighted by Crippen LogP contribution is -2.29. The minimum absolute atomic E-state index is 0.0982. The second-order valence-corrected chi connectivity index (χ2v) is 6.94. The molecule has 0 unspecified atom stereocenters. The Kier molecular flexibility index (Phi) is 5.46. The quantitative estimate of drug-likeness (QED) is 0.482. The van der Waals surface area contributed by atoms with Gasteiger partial charge in [-0.1, -0.05) is 48.5 Å². The van der Waals surface area contributed by atoms with Gasteiger partial charge in [0.2, 0.25) is 0 Å². The first-order chi connectivity index (χ1) is 14.7. The first kappa shape index (κ1) is 19.6. The Morgan fingerprint density at radius 1 is 0.767 bits per heavy atom. The SMILES string of the molecule is COc1ccc(C(=O)c2ccc(C(=O)NCCN)c3ccccc23)c2ccccc12. The lowest BCUT2D eigenvalue weighted by Gasteiger charge is -2.13. The fourth-order valence-electron chi connectivity index (χ4n) is 3.77. The standard InChI is InChI=1S/C25H22N2O3/c1-30-23-13-12-21(18-8-4-5-9-19(18)23)24(28)20-10-11-22(25(29)27-15-14-26)17-7-3-2-6-16(17)20/h2-13H,14-15,26H2,1H3,(H,27,29). The van der Waals surface area contributed by atoms with E-state index in [1.165, 1.54) is 0 Å². The van der Waals surface area contributed by atoms with Gasteiger partial charge in [0.25, 0.3) is 5.91 Å². The number of hydrogen-bond acceptors (Lipinski definition) is 4. The van der Waals surface area contributed by atoms with Crippen LogP contribution in [0.15, 0.2) is 72.8 Å². The first-order valence-electron chi connectivity index (χ1n) is 9.76. The summed E-state index contributed by atoms with van der Waals surface area (Å²) in [4.78, 5) is 26.1. The van der Waals surface area contributed by atoms with Crippen molar-refractivity contribution in [3.63, 3.8) is 0 Å². The van der Waals surface area contributed by atoms with E-state index in [9.17, 15) is 9.59 Å². The van der Waals surface area contributed by atoms with Crippen molar-refractivity contribution in [2.24, 2.45) is 5.73 Å². The molecule has 3 N–H and O–H groups in total. The number of benzene rings is 4. The van der Waals surface area contributed by atoms with Crippen molar-refractivity contribution < 1.29 is 14.3 Å². The van der Waals surface area contributed by atoms with Crippen LogP contribution in [0.5, 0.6) is 5.75 Å². The lowest BCUT2D eigenvalue weighted by molar-refractivity contribution is 0.0955. The largest absolute Gasteiger partial charge is 0.496 e. The molecule has 4 aromatic rings. The van der Waals surface area contributed by atoms with Gasteiger partial charge in [0.15, 0.2) is 5.78 Å². The second-order valence-electron chi connectivity index (χ2n) is 6.94. The van der Waals surface area contributed by atoms with E-state index in [-0.39, 0.29) is 11.7 Å². The fourth-order valence-corrected chi connectivity index (χ4v) is 3.77. The molecular formula is C25H22N2O3. The zero-order valence-corrected chi connectivity index (χ0v) is 16.6. The molecule has 0 aromatic heterocycles. The van der Waals surface area contributed by atoms with E-state index in [1.807, 2.05) is 54.6 Å². The number of carbonyl (C=O) groups is 2. The molecule has 30 heavy (non-hydrogen) atoms. The predicted molar refractivity (Wildman–Crippen MR) is 119 cm³/mol. The number of ether oxygens (including phenoxy) is 1. The van der Waals surface area contributed by atoms with Gasteiger partial charge in [-0.05, 0) is 40.4 Å². The van der Waals surface area contributed by atoms with Crippen molar-refractivity contribution >= 4 is 33.2 Å². The van der Waals surface area contributed by atoms with Crippen LogP contribution < -0.4 is 15.8 Å². The highest BCUT2D eigenvalue weighted by molar-refractivity contribution is 6.23. The number of nitrogens with two attached hydrogens (primary N) is 1. The van der Waals surface area contributed by atoms with Crippen LogP contribution in [0.4, 0.5) is 0 Å². The van der Waals surface area contributed by atoms with Crippen molar-refractivity contribution in [2.45, 2.75) is 0 Å². The monoisotopic (exact) mass is 398 g/mol. The van der Waals surface area contributed by atoms with Crippen LogP contribution in [0.1, 0.15) is 26.3 Å². The molecule has 4 rings (SSSR count). The van der Waals surface area contributed by atoms with Crippen molar-refractivity contribution in [3.05, 3.63) is 89.5 Å². The molecule has 0 aliphatic carbocycles. The van der Waals surface area contributed by atoms with Crippen molar-refractivity contribution in [3.8, 4) is 5.75 Å². The number of carbonyl (C=O) groups excluding carboxylic acids is 2. The molecule has 4 aromatic carbocycles. The molecule has 150 valence electrons. The Morgan fingerprint density at radius 2 is 1.27 bits per heavy atom. The zero-order chi connectivity index (χ0) is 21.1. The van der Waals surface area contributed by atoms with Crippen LogP contribution in [0, 0.1) is 0 Å². The van der Waals surface area contributed by atoms with Gasteiger partial charge in [-0.2, -0.15) is 0 Å². The molecule has 0 bridgehead atoms. The van der Waals surface area contributed by atoms with E-state index in [0.717, 1.165) is 27.3 Å². The molecule has 0 fully saturated rings. The van der Waals surface area contributed by atoms with Crippen molar-refractivity contribution in [2.75, 3.05) is 20.2 Å². The summed E-state index contributed by atoms with van der Waals surface area (Å²) in [5, 5.41) is 5.98. The maximum Gasteiger partial charge on any atom is 0.251 e. The third kappa shape index (κ3) is 3.40. The van der Waals surface area contributed by atoms with E-state index in [1.54, 1.807) is 25.3 Å². The summed E-state index contributed by atoms with van der Waals surface area (Å²) in [6.07, 6.45) is 0. The molecular weight excluding hydrogens is 376 g/mol. The normalized spacial score (nSPS) is 10.9. The van der Waals surface area contributed by atoms with Crippen molar-refractivity contribution in [1.29, 1.82) is 0 Å². The molecule has 0 heterocycles. The molecule has 0 saturated carbocycles. The maximum atomic E-state index is 13.6. The van der Waals surface area contributed by atoms with E-state index in [0.29, 0.717) is 29.8 Å². The molecule has 0 spiro atoms. The van der Waals surface area contributed by atoms with Crippen molar-refractivity contribution in [1.82, 2.24) is 5.32 Å². The number of hydrogen-bond donors (Lipinski definition) is 2. The van der Waals surface area contributed by atoms with Gasteiger partial charge in [-0.3, -0.25) is 9.59 Å². The summed E-state index contributed by atoms with van der Waals surface area (Å²) in [6, 6.07) is 22.2. The van der Waals surface area contributed by atoms with Crippen LogP contribution in [-0.2, 0) is 0 Å². The average Bonchev–Trinajstić information content (AvgIpc) is 2.80. The Labute approximate surface area is 174 Å². The van der Waals surface area contributed by atoms with E-state index in [4.69, 9.17) is 10.5 Å². The molecule has 0 atom stereocenters. The minimum atomic E-state index is -0.203. The van der Waals surface area contributed by atoms with Crippen LogP contribution in [0.3, 0.4) is 0 Å². The number of methoxy groups -OCH3 is 1. The van der Waals surface area contributed by atoms with Crippen LogP contribution in [-0.4, -0.2) is 31.9 Å². The highest BCUT2D eigenvalue weighted by Crippen LogP contribution is 2.31. The van der Waals surface area contributed by atoms with Crippen LogP contribution >= 0.6 is 0 Å². The highest BCUT2D eigenvalue weighted by Gasteiger charge is 2.19. The average molecular weight is 398 g/mol. The zero-order valence-electron chi connectivity index (χ0n) is 16.6. The summed E-state index contributed by atoms with van der Waals surface area (Å²) in [5.41, 5.74) is 7.16. The van der Waals surface area contributed by atoms with Gasteiger partial charge in [-0.25, -0.2) is 0 Å². The molecule has 0 radical (unpaired) electrons. The molecule has 5 nitrogen and oxygen atoms in total. The van der Waals surface area contributed by atoms with Gasteiger partial charge in [0, 0.05) is 35.2 Å². The Morgan fingerprint density at radius 3 is 1.87 bits per heavy atom. The third-order valence-electron chi connectivity index (χ3n) is 5.19. The fraction of sp³-hybridized carbons (Fsp3) is 0.120. The van der Waals surface area contributed by atoms with Gasteiger partial charge >= 0.3 is 0 Å². The van der Waals surface area contributed by atoms with Crippen LogP contribution in [0.2, 0.25) is 0 Å². The molecule has 0 aliphatic heterocycles. The molecule has 5 heteroatoms. The summed E-state index contributed by atoms with van der Waals surface area (Å²) >= 11 is 0. The molecule has 0 aliphatic rings. The Bertz CT molecular complexity index is 1260. The Hall–Kier alpha value is -3.70. The topological polar surface area (TPSA) is 81.4 Å². The number of ketones is 1. The van der Waals surface area contributed by atoms with E-state index >= 15 is 0 Å². The van der Waals surface area contributed by atoms with Gasteiger partial charge < -0.3 is 15.8 Å². The number of amides is 1. The van der Waals surface area contributed by atoms with Crippen LogP contribution in [0.25, 0.3) is 21.5 Å². The number of nitrogens with one attached hydrogen (secondary N) is 1. The Balaban J connectivity index is 1.86. The smallest absolute Gasteiger partial charge is 0.251 e. The number of fused-ring (bicyclic) bond motifs is 2. The van der Waals surface area contributed by atoms with Gasteiger partial charge in [0.1, 0.15) is 5.75 Å². The van der Waals surface area contributed by atoms with E-state index in [2.05, 4.69) is 5.32 Å². The highest BCUT2D eigenvalue weighted by atomic mass is 16.5. The van der Waals surface area contributed by atoms with Gasteiger partial charge in [0.05, 0.1) is 7.11 Å². The lowest BCUT2D eigenvalue weighted by atomic mass is 9.91. The molecule has 1 amide bonds. The second kappa shape index (κ2) is 8.35. The maximum absolute atomic E-state index is 13.6. The minimum Gasteiger partial charge on any atom is -0.496 e. The van der Waals surface area contributed by atoms with E-state index < -0.39 is 0 Å². The van der Waals surface area contributed by atoms with Gasteiger partial charge in [-0.15, -0.1) is 0 Å². The summed E-state index contributed by atoms with van der Waals surface area (Å²) < 4.78 is 5.45. The molecule has 0 saturated heterocycles. The summed E-state index contributed by atoms with van der Waals surface area (Å²) in [7, 11) is 1.62. The number of rotatable bonds is 6. The first-order valence-corrected chi connectivity index (χ1v) is 9.76. The summed E-state index contributed by atoms with van der Waals surface area (Å²) in [5.74, 6) is 0.420. The third-order valence-corrected chi connectivity index (χ3v) is 5.19.